The number of carbonyl (C=O) groups excluding carboxylic acids is 1. The third kappa shape index (κ3) is 5.59. The van der Waals surface area contributed by atoms with Crippen LogP contribution in [0.3, 0.4) is 0 Å². The van der Waals surface area contributed by atoms with E-state index in [1.165, 1.54) is 11.8 Å². The van der Waals surface area contributed by atoms with Gasteiger partial charge in [-0.15, -0.1) is 10.2 Å². The minimum absolute atomic E-state index is 0.0660. The molecule has 0 aliphatic carbocycles. The molecule has 176 valence electrons. The number of aryl methyl sites for hydroxylation is 1. The number of benzene rings is 1. The Hall–Kier alpha value is -2.78. The zero-order valence-electron chi connectivity index (χ0n) is 19.7. The number of thioether (sulfide) groups is 1. The predicted molar refractivity (Wildman–Crippen MR) is 129 cm³/mol. The highest BCUT2D eigenvalue weighted by Gasteiger charge is 2.24. The van der Waals surface area contributed by atoms with Gasteiger partial charge in [0.25, 0.3) is 0 Å². The first-order valence-corrected chi connectivity index (χ1v) is 12.1. The van der Waals surface area contributed by atoms with E-state index >= 15 is 0 Å². The Balaban J connectivity index is 1.43. The van der Waals surface area contributed by atoms with Gasteiger partial charge in [0.05, 0.1) is 23.7 Å². The molecule has 0 saturated carbocycles. The molecule has 0 bridgehead atoms. The molecule has 2 aromatic heterocycles. The molecule has 9 heteroatoms. The van der Waals surface area contributed by atoms with Crippen molar-refractivity contribution in [1.29, 1.82) is 0 Å². The van der Waals surface area contributed by atoms with Crippen LogP contribution >= 0.6 is 11.8 Å². The van der Waals surface area contributed by atoms with Crippen molar-refractivity contribution in [2.75, 3.05) is 37.9 Å². The van der Waals surface area contributed by atoms with E-state index in [1.807, 2.05) is 43.6 Å². The van der Waals surface area contributed by atoms with Gasteiger partial charge >= 0.3 is 0 Å². The van der Waals surface area contributed by atoms with Crippen LogP contribution in [0, 0.1) is 6.92 Å². The number of hydrogen-bond acceptors (Lipinski definition) is 7. The van der Waals surface area contributed by atoms with Crippen LogP contribution in [0.2, 0.25) is 0 Å². The van der Waals surface area contributed by atoms with Crippen LogP contribution in [0.15, 0.2) is 46.2 Å². The van der Waals surface area contributed by atoms with Crippen LogP contribution < -0.4 is 4.90 Å². The second-order valence-corrected chi connectivity index (χ2v) is 9.46. The number of anilines is 1. The van der Waals surface area contributed by atoms with Crippen molar-refractivity contribution in [3.63, 3.8) is 0 Å². The number of aromatic nitrogens is 3. The van der Waals surface area contributed by atoms with Crippen LogP contribution in [0.4, 0.5) is 5.69 Å². The highest BCUT2D eigenvalue weighted by Crippen LogP contribution is 2.26. The molecule has 1 fully saturated rings. The van der Waals surface area contributed by atoms with Crippen molar-refractivity contribution in [2.24, 2.45) is 7.05 Å². The number of amides is 1. The number of carbonyl (C=O) groups is 1. The van der Waals surface area contributed by atoms with E-state index in [0.717, 1.165) is 47.8 Å². The zero-order valence-corrected chi connectivity index (χ0v) is 20.5. The summed E-state index contributed by atoms with van der Waals surface area (Å²) in [6.07, 6.45) is 3.79. The van der Waals surface area contributed by atoms with Crippen molar-refractivity contribution in [3.8, 4) is 11.4 Å². The normalized spacial score (nSPS) is 15.7. The van der Waals surface area contributed by atoms with Gasteiger partial charge in [0.1, 0.15) is 5.76 Å². The summed E-state index contributed by atoms with van der Waals surface area (Å²) in [4.78, 5) is 17.2. The van der Waals surface area contributed by atoms with Gasteiger partial charge in [0, 0.05) is 46.5 Å². The maximum Gasteiger partial charge on any atom is 0.233 e. The van der Waals surface area contributed by atoms with Crippen LogP contribution in [-0.4, -0.2) is 64.7 Å². The number of nitrogens with zero attached hydrogens (tertiary/aromatic N) is 5. The highest BCUT2D eigenvalue weighted by molar-refractivity contribution is 7.99. The average Bonchev–Trinajstić information content (AvgIpc) is 3.54. The SMILES string of the molecule is Cc1occc1-c1nnc(SCC(=O)N(Cc2ccc(N(C)C)cc2)C[C@H]2CCCO2)n1C. The van der Waals surface area contributed by atoms with Gasteiger partial charge in [-0.1, -0.05) is 23.9 Å². The lowest BCUT2D eigenvalue weighted by molar-refractivity contribution is -0.130. The first kappa shape index (κ1) is 23.4. The number of rotatable bonds is 9. The number of ether oxygens (including phenoxy) is 1. The molecule has 33 heavy (non-hydrogen) atoms. The van der Waals surface area contributed by atoms with Gasteiger partial charge in [0.15, 0.2) is 11.0 Å². The predicted octanol–water partition coefficient (Wildman–Crippen LogP) is 3.75. The van der Waals surface area contributed by atoms with Gasteiger partial charge in [-0.25, -0.2) is 0 Å². The fourth-order valence-corrected chi connectivity index (χ4v) is 4.73. The van der Waals surface area contributed by atoms with E-state index in [4.69, 9.17) is 9.15 Å². The van der Waals surface area contributed by atoms with Crippen molar-refractivity contribution in [3.05, 3.63) is 47.9 Å². The third-order valence-corrected chi connectivity index (χ3v) is 6.89. The van der Waals surface area contributed by atoms with Crippen LogP contribution in [0.1, 0.15) is 24.2 Å². The minimum Gasteiger partial charge on any atom is -0.469 e. The van der Waals surface area contributed by atoms with E-state index < -0.39 is 0 Å². The number of hydrogen-bond donors (Lipinski definition) is 0. The molecule has 0 unspecified atom stereocenters. The first-order chi connectivity index (χ1) is 15.9. The van der Waals surface area contributed by atoms with E-state index in [-0.39, 0.29) is 12.0 Å². The van der Waals surface area contributed by atoms with Crippen molar-refractivity contribution < 1.29 is 13.9 Å². The molecular formula is C24H31N5O3S. The van der Waals surface area contributed by atoms with E-state index in [9.17, 15) is 4.79 Å². The smallest absolute Gasteiger partial charge is 0.233 e. The molecule has 1 aliphatic heterocycles. The zero-order chi connectivity index (χ0) is 23.4. The quantitative estimate of drug-likeness (QED) is 0.442. The molecule has 1 amide bonds. The Kier molecular flexibility index (Phi) is 7.39. The van der Waals surface area contributed by atoms with Gasteiger partial charge < -0.3 is 23.5 Å². The standard InChI is InChI=1S/C24H31N5O3S/c1-17-21(11-13-31-17)23-25-26-24(28(23)4)33-16-22(30)29(15-20-6-5-12-32-20)14-18-7-9-19(10-8-18)27(2)3/h7-11,13,20H,5-6,12,14-16H2,1-4H3/t20-/m1/s1. The molecule has 3 aromatic rings. The lowest BCUT2D eigenvalue weighted by atomic mass is 10.1. The van der Waals surface area contributed by atoms with Gasteiger partial charge in [-0.3, -0.25) is 4.79 Å². The Labute approximate surface area is 198 Å². The van der Waals surface area contributed by atoms with E-state index in [2.05, 4.69) is 39.4 Å². The second kappa shape index (κ2) is 10.4. The Morgan fingerprint density at radius 1 is 1.21 bits per heavy atom. The Morgan fingerprint density at radius 2 is 2.00 bits per heavy atom. The molecule has 4 rings (SSSR count). The van der Waals surface area contributed by atoms with Crippen LogP contribution in [0.5, 0.6) is 0 Å². The summed E-state index contributed by atoms with van der Waals surface area (Å²) < 4.78 is 13.1. The molecule has 1 aliphatic rings. The molecule has 1 atom stereocenters. The second-order valence-electron chi connectivity index (χ2n) is 8.51. The fraction of sp³-hybridized carbons (Fsp3) is 0.458. The Morgan fingerprint density at radius 3 is 2.64 bits per heavy atom. The summed E-state index contributed by atoms with van der Waals surface area (Å²) in [6.45, 7) is 3.83. The molecular weight excluding hydrogens is 438 g/mol. The summed E-state index contributed by atoms with van der Waals surface area (Å²) in [6, 6.07) is 10.2. The van der Waals surface area contributed by atoms with Crippen LogP contribution in [-0.2, 0) is 23.1 Å². The lowest BCUT2D eigenvalue weighted by Crippen LogP contribution is -2.38. The molecule has 0 N–H and O–H groups in total. The maximum atomic E-state index is 13.3. The highest BCUT2D eigenvalue weighted by atomic mass is 32.2. The molecule has 0 radical (unpaired) electrons. The summed E-state index contributed by atoms with van der Waals surface area (Å²) in [5, 5.41) is 9.29. The summed E-state index contributed by atoms with van der Waals surface area (Å²) >= 11 is 1.40. The molecule has 0 spiro atoms. The summed E-state index contributed by atoms with van der Waals surface area (Å²) in [7, 11) is 5.95. The van der Waals surface area contributed by atoms with E-state index in [1.54, 1.807) is 6.26 Å². The monoisotopic (exact) mass is 469 g/mol. The van der Waals surface area contributed by atoms with Gasteiger partial charge in [0.2, 0.25) is 5.91 Å². The molecule has 1 saturated heterocycles. The van der Waals surface area contributed by atoms with E-state index in [0.29, 0.717) is 24.0 Å². The third-order valence-electron chi connectivity index (χ3n) is 5.89. The van der Waals surface area contributed by atoms with Crippen molar-refractivity contribution >= 4 is 23.4 Å². The van der Waals surface area contributed by atoms with Gasteiger partial charge in [-0.05, 0) is 43.5 Å². The molecule has 3 heterocycles. The van der Waals surface area contributed by atoms with Gasteiger partial charge in [-0.2, -0.15) is 0 Å². The van der Waals surface area contributed by atoms with Crippen molar-refractivity contribution in [1.82, 2.24) is 19.7 Å². The van der Waals surface area contributed by atoms with Crippen molar-refractivity contribution in [2.45, 2.75) is 37.6 Å². The maximum absolute atomic E-state index is 13.3. The van der Waals surface area contributed by atoms with Crippen LogP contribution in [0.25, 0.3) is 11.4 Å². The minimum atomic E-state index is 0.0660. The number of furan rings is 1. The lowest BCUT2D eigenvalue weighted by Gasteiger charge is -2.26. The Bertz CT molecular complexity index is 1070. The molecule has 8 nitrogen and oxygen atoms in total. The topological polar surface area (TPSA) is 76.6 Å². The average molecular weight is 470 g/mol. The fourth-order valence-electron chi connectivity index (χ4n) is 3.92. The summed E-state index contributed by atoms with van der Waals surface area (Å²) in [5.41, 5.74) is 3.15. The largest absolute Gasteiger partial charge is 0.469 e. The summed E-state index contributed by atoms with van der Waals surface area (Å²) in [5.74, 6) is 1.88. The first-order valence-electron chi connectivity index (χ1n) is 11.1. The molecule has 1 aromatic carbocycles.